The van der Waals surface area contributed by atoms with E-state index in [1.807, 2.05) is 41.7 Å². The van der Waals surface area contributed by atoms with E-state index in [2.05, 4.69) is 36.3 Å². The van der Waals surface area contributed by atoms with Crippen LogP contribution in [-0.2, 0) is 24.9 Å². The van der Waals surface area contributed by atoms with Gasteiger partial charge < -0.3 is 9.47 Å². The van der Waals surface area contributed by atoms with Crippen LogP contribution in [0, 0.1) is 19.7 Å². The molecule has 2 aromatic heterocycles. The van der Waals surface area contributed by atoms with Crippen molar-refractivity contribution in [3.8, 4) is 16.9 Å². The van der Waals surface area contributed by atoms with Gasteiger partial charge in [-0.1, -0.05) is 19.2 Å². The standard InChI is InChI=1S/C26H32FN4O2Si/c1-18-23(19(2)30(3)28-18)10-11-33-26-15-22(27)7-8-24(26)20-6-9-25-21(14-20)16-31(29-25)17-32-12-13-34(4)5/h6-9,14-16H,10-13,17H2,1-5H3. The van der Waals surface area contributed by atoms with Gasteiger partial charge in [0.15, 0.2) is 0 Å². The lowest BCUT2D eigenvalue weighted by Crippen LogP contribution is -2.08. The predicted octanol–water partition coefficient (Wildman–Crippen LogP) is 5.54. The molecule has 8 heteroatoms. The van der Waals surface area contributed by atoms with Gasteiger partial charge in [-0.15, -0.1) is 0 Å². The van der Waals surface area contributed by atoms with E-state index in [0.717, 1.165) is 46.1 Å². The van der Waals surface area contributed by atoms with E-state index in [-0.39, 0.29) is 14.6 Å². The Morgan fingerprint density at radius 1 is 1.03 bits per heavy atom. The maximum absolute atomic E-state index is 14.1. The molecule has 0 N–H and O–H groups in total. The van der Waals surface area contributed by atoms with Crippen LogP contribution in [0.2, 0.25) is 19.1 Å². The van der Waals surface area contributed by atoms with Gasteiger partial charge in [-0.05, 0) is 55.3 Å². The molecule has 179 valence electrons. The van der Waals surface area contributed by atoms with Crippen molar-refractivity contribution in [3.05, 3.63) is 65.4 Å². The molecule has 4 aromatic rings. The average molecular weight is 480 g/mol. The molecule has 0 saturated heterocycles. The first-order valence-corrected chi connectivity index (χ1v) is 14.3. The van der Waals surface area contributed by atoms with Crippen LogP contribution in [0.3, 0.4) is 0 Å². The Balaban J connectivity index is 1.50. The fourth-order valence-electron chi connectivity index (χ4n) is 4.04. The molecule has 6 nitrogen and oxygen atoms in total. The van der Waals surface area contributed by atoms with Crippen LogP contribution in [0.1, 0.15) is 17.0 Å². The highest BCUT2D eigenvalue weighted by Crippen LogP contribution is 2.33. The number of rotatable bonds is 10. The van der Waals surface area contributed by atoms with Gasteiger partial charge in [-0.2, -0.15) is 10.2 Å². The highest BCUT2D eigenvalue weighted by atomic mass is 28.3. The van der Waals surface area contributed by atoms with Gasteiger partial charge in [-0.25, -0.2) is 9.07 Å². The van der Waals surface area contributed by atoms with Crippen molar-refractivity contribution in [1.82, 2.24) is 19.6 Å². The van der Waals surface area contributed by atoms with Gasteiger partial charge in [-0.3, -0.25) is 4.68 Å². The van der Waals surface area contributed by atoms with Gasteiger partial charge >= 0.3 is 0 Å². The van der Waals surface area contributed by atoms with Gasteiger partial charge in [0.2, 0.25) is 0 Å². The van der Waals surface area contributed by atoms with E-state index in [9.17, 15) is 4.39 Å². The molecule has 0 spiro atoms. The van der Waals surface area contributed by atoms with Crippen LogP contribution in [0.25, 0.3) is 22.0 Å². The monoisotopic (exact) mass is 479 g/mol. The number of ether oxygens (including phenoxy) is 2. The summed E-state index contributed by atoms with van der Waals surface area (Å²) >= 11 is 0. The van der Waals surface area contributed by atoms with Crippen molar-refractivity contribution < 1.29 is 13.9 Å². The number of hydrogen-bond donors (Lipinski definition) is 0. The minimum atomic E-state index is -0.317. The minimum Gasteiger partial charge on any atom is -0.492 e. The zero-order valence-corrected chi connectivity index (χ0v) is 21.6. The first-order chi connectivity index (χ1) is 16.3. The van der Waals surface area contributed by atoms with Crippen molar-refractivity contribution in [2.75, 3.05) is 13.2 Å². The molecule has 0 unspecified atom stereocenters. The van der Waals surface area contributed by atoms with Gasteiger partial charge in [0.25, 0.3) is 0 Å². The molecule has 0 aliphatic carbocycles. The van der Waals surface area contributed by atoms with Crippen molar-refractivity contribution in [3.63, 3.8) is 0 Å². The molecular weight excluding hydrogens is 447 g/mol. The van der Waals surface area contributed by atoms with Crippen LogP contribution in [0.5, 0.6) is 5.75 Å². The van der Waals surface area contributed by atoms with Gasteiger partial charge in [0.1, 0.15) is 18.3 Å². The molecule has 0 bridgehead atoms. The number of aromatic nitrogens is 4. The third-order valence-electron chi connectivity index (χ3n) is 6.04. The molecule has 0 aliphatic heterocycles. The van der Waals surface area contributed by atoms with Crippen molar-refractivity contribution in [2.24, 2.45) is 7.05 Å². The second kappa shape index (κ2) is 10.5. The average Bonchev–Trinajstić information content (AvgIpc) is 3.31. The number of fused-ring (bicyclic) bond motifs is 1. The van der Waals surface area contributed by atoms with Crippen LogP contribution in [-0.4, -0.2) is 41.6 Å². The van der Waals surface area contributed by atoms with E-state index in [1.54, 1.807) is 6.07 Å². The van der Waals surface area contributed by atoms with Crippen LogP contribution in [0.4, 0.5) is 4.39 Å². The fourth-order valence-corrected chi connectivity index (χ4v) is 4.59. The molecule has 0 amide bonds. The summed E-state index contributed by atoms with van der Waals surface area (Å²) in [6.07, 6.45) is 2.70. The van der Waals surface area contributed by atoms with Crippen molar-refractivity contribution in [1.29, 1.82) is 0 Å². The molecule has 2 heterocycles. The summed E-state index contributed by atoms with van der Waals surface area (Å²) < 4.78 is 29.6. The Kier molecular flexibility index (Phi) is 7.48. The molecule has 2 aromatic carbocycles. The van der Waals surface area contributed by atoms with E-state index >= 15 is 0 Å². The summed E-state index contributed by atoms with van der Waals surface area (Å²) in [7, 11) is 1.66. The van der Waals surface area contributed by atoms with Crippen LogP contribution in [0.15, 0.2) is 42.6 Å². The fraction of sp³-hybridized carbons (Fsp3) is 0.385. The molecule has 0 saturated carbocycles. The number of hydrogen-bond acceptors (Lipinski definition) is 4. The summed E-state index contributed by atoms with van der Waals surface area (Å²) in [6.45, 7) is 10.3. The Bertz CT molecular complexity index is 1280. The maximum Gasteiger partial charge on any atom is 0.139 e. The highest BCUT2D eigenvalue weighted by Gasteiger charge is 2.13. The predicted molar refractivity (Wildman–Crippen MR) is 135 cm³/mol. The largest absolute Gasteiger partial charge is 0.492 e. The quantitative estimate of drug-likeness (QED) is 0.221. The first kappa shape index (κ1) is 24.2. The lowest BCUT2D eigenvalue weighted by atomic mass is 10.0. The Hall–Kier alpha value is -2.97. The van der Waals surface area contributed by atoms with E-state index in [1.165, 1.54) is 17.7 Å². The summed E-state index contributed by atoms with van der Waals surface area (Å²) in [5.41, 5.74) is 6.01. The Labute approximate surface area is 201 Å². The number of nitrogens with zero attached hydrogens (tertiary/aromatic N) is 4. The third kappa shape index (κ3) is 5.56. The van der Waals surface area contributed by atoms with Crippen LogP contribution < -0.4 is 4.74 Å². The Morgan fingerprint density at radius 2 is 1.85 bits per heavy atom. The third-order valence-corrected chi connectivity index (χ3v) is 7.25. The molecule has 0 atom stereocenters. The lowest BCUT2D eigenvalue weighted by Gasteiger charge is -2.12. The minimum absolute atomic E-state index is 0.279. The summed E-state index contributed by atoms with van der Waals surface area (Å²) in [5.74, 6) is 0.216. The topological polar surface area (TPSA) is 54.1 Å². The number of aryl methyl sites for hydroxylation is 2. The van der Waals surface area contributed by atoms with E-state index < -0.39 is 0 Å². The van der Waals surface area contributed by atoms with E-state index in [4.69, 9.17) is 9.47 Å². The molecule has 4 rings (SSSR count). The van der Waals surface area contributed by atoms with Crippen molar-refractivity contribution in [2.45, 2.75) is 46.1 Å². The van der Waals surface area contributed by atoms with Crippen molar-refractivity contribution >= 4 is 19.7 Å². The summed E-state index contributed by atoms with van der Waals surface area (Å²) in [6, 6.07) is 11.9. The second-order valence-electron chi connectivity index (χ2n) is 8.95. The molecule has 1 radical (unpaired) electrons. The second-order valence-corrected chi connectivity index (χ2v) is 11.9. The zero-order chi connectivity index (χ0) is 24.2. The lowest BCUT2D eigenvalue weighted by molar-refractivity contribution is 0.0794. The summed E-state index contributed by atoms with van der Waals surface area (Å²) in [5, 5.41) is 10.1. The smallest absolute Gasteiger partial charge is 0.139 e. The molecule has 0 fully saturated rings. The summed E-state index contributed by atoms with van der Waals surface area (Å²) in [4.78, 5) is 0. The first-order valence-electron chi connectivity index (χ1n) is 11.6. The maximum atomic E-state index is 14.1. The normalized spacial score (nSPS) is 11.6. The molecule has 0 aliphatic rings. The Morgan fingerprint density at radius 3 is 2.59 bits per heavy atom. The highest BCUT2D eigenvalue weighted by molar-refractivity contribution is 6.55. The van der Waals surface area contributed by atoms with Gasteiger partial charge in [0.05, 0.1) is 17.8 Å². The SMILES string of the molecule is Cc1nn(C)c(C)c1CCOc1cc(F)ccc1-c1ccc2nn(COCC[Si](C)C)cc2c1. The van der Waals surface area contributed by atoms with E-state index in [0.29, 0.717) is 25.5 Å². The zero-order valence-electron chi connectivity index (χ0n) is 20.6. The molecule has 34 heavy (non-hydrogen) atoms. The number of halogens is 1. The van der Waals surface area contributed by atoms with Gasteiger partial charge in [0, 0.05) is 57.8 Å². The molecular formula is C26H32FN4O2Si. The number of benzene rings is 2. The van der Waals surface area contributed by atoms with Crippen LogP contribution >= 0.6 is 0 Å².